The molecule has 1 fully saturated rings. The van der Waals surface area contributed by atoms with Crippen molar-refractivity contribution in [2.24, 2.45) is 11.7 Å². The molecule has 1 aromatic rings. The van der Waals surface area contributed by atoms with Gasteiger partial charge in [0.05, 0.1) is 0 Å². The first-order chi connectivity index (χ1) is 9.70. The third kappa shape index (κ3) is 4.07. The van der Waals surface area contributed by atoms with Crippen molar-refractivity contribution in [3.63, 3.8) is 0 Å². The number of nitrogens with two attached hydrogens (primary N) is 1. The number of carbonyl (C=O) groups excluding carboxylic acids is 1. The largest absolute Gasteiger partial charge is 0.339 e. The lowest BCUT2D eigenvalue weighted by molar-refractivity contribution is -0.132. The maximum atomic E-state index is 12.4. The fraction of sp³-hybridized carbons (Fsp3) is 0.588. The molecule has 2 unspecified atom stereocenters. The third-order valence-corrected chi connectivity index (χ3v) is 4.27. The highest BCUT2D eigenvalue weighted by atomic mass is 16.2. The van der Waals surface area contributed by atoms with Crippen molar-refractivity contribution in [2.45, 2.75) is 45.1 Å². The number of hydrogen-bond donors (Lipinski definition) is 1. The fourth-order valence-electron chi connectivity index (χ4n) is 2.89. The minimum atomic E-state index is 0.309. The first kappa shape index (κ1) is 15.0. The van der Waals surface area contributed by atoms with Crippen LogP contribution >= 0.6 is 0 Å². The molecule has 0 spiro atoms. The molecule has 20 heavy (non-hydrogen) atoms. The molecule has 110 valence electrons. The maximum Gasteiger partial charge on any atom is 0.222 e. The summed E-state index contributed by atoms with van der Waals surface area (Å²) < 4.78 is 0. The molecule has 1 aliphatic heterocycles. The van der Waals surface area contributed by atoms with Gasteiger partial charge in [-0.15, -0.1) is 0 Å². The second kappa shape index (κ2) is 7.44. The van der Waals surface area contributed by atoms with E-state index in [4.69, 9.17) is 5.73 Å². The monoisotopic (exact) mass is 274 g/mol. The highest BCUT2D eigenvalue weighted by Crippen LogP contribution is 2.22. The van der Waals surface area contributed by atoms with E-state index in [0.717, 1.165) is 32.2 Å². The van der Waals surface area contributed by atoms with Gasteiger partial charge in [0.2, 0.25) is 5.91 Å². The van der Waals surface area contributed by atoms with Crippen LogP contribution in [0.4, 0.5) is 0 Å². The van der Waals surface area contributed by atoms with E-state index in [-0.39, 0.29) is 0 Å². The van der Waals surface area contributed by atoms with Crippen LogP contribution in [0.2, 0.25) is 0 Å². The van der Waals surface area contributed by atoms with Gasteiger partial charge in [-0.3, -0.25) is 4.79 Å². The molecule has 1 aliphatic rings. The summed E-state index contributed by atoms with van der Waals surface area (Å²) in [6, 6.07) is 10.9. The van der Waals surface area contributed by atoms with Crippen LogP contribution in [0.3, 0.4) is 0 Å². The smallest absolute Gasteiger partial charge is 0.222 e. The molecular formula is C17H26N2O. The molecule has 0 radical (unpaired) electrons. The van der Waals surface area contributed by atoms with Gasteiger partial charge < -0.3 is 10.6 Å². The second-order valence-corrected chi connectivity index (χ2v) is 5.95. The molecule has 1 amide bonds. The summed E-state index contributed by atoms with van der Waals surface area (Å²) in [6.45, 7) is 3.70. The minimum Gasteiger partial charge on any atom is -0.339 e. The number of likely N-dealkylation sites (tertiary alicyclic amines) is 1. The van der Waals surface area contributed by atoms with Crippen LogP contribution in [0, 0.1) is 5.92 Å². The van der Waals surface area contributed by atoms with Crippen molar-refractivity contribution >= 4 is 5.91 Å². The van der Waals surface area contributed by atoms with E-state index in [1.54, 1.807) is 0 Å². The lowest BCUT2D eigenvalue weighted by Crippen LogP contribution is -2.37. The topological polar surface area (TPSA) is 46.3 Å². The Morgan fingerprint density at radius 2 is 2.15 bits per heavy atom. The molecule has 2 rings (SSSR count). The zero-order valence-electron chi connectivity index (χ0n) is 12.4. The Morgan fingerprint density at radius 1 is 1.40 bits per heavy atom. The highest BCUT2D eigenvalue weighted by Gasteiger charge is 2.28. The van der Waals surface area contributed by atoms with E-state index >= 15 is 0 Å². The molecule has 1 saturated heterocycles. The molecular weight excluding hydrogens is 248 g/mol. The van der Waals surface area contributed by atoms with Crippen LogP contribution in [0.5, 0.6) is 0 Å². The normalized spacial score (nSPS) is 20.1. The molecule has 1 heterocycles. The van der Waals surface area contributed by atoms with Gasteiger partial charge in [0.1, 0.15) is 0 Å². The molecule has 3 nitrogen and oxygen atoms in total. The summed E-state index contributed by atoms with van der Waals surface area (Å²) >= 11 is 0. The third-order valence-electron chi connectivity index (χ3n) is 4.27. The molecule has 0 aromatic heterocycles. The van der Waals surface area contributed by atoms with E-state index in [1.165, 1.54) is 5.56 Å². The predicted octanol–water partition coefficient (Wildman–Crippen LogP) is 2.60. The number of nitrogens with zero attached hydrogens (tertiary/aromatic N) is 1. The van der Waals surface area contributed by atoms with Crippen LogP contribution in [0.15, 0.2) is 30.3 Å². The Hall–Kier alpha value is -1.35. The van der Waals surface area contributed by atoms with Crippen molar-refractivity contribution in [3.05, 3.63) is 35.9 Å². The first-order valence-corrected chi connectivity index (χ1v) is 7.74. The van der Waals surface area contributed by atoms with Crippen molar-refractivity contribution in [1.29, 1.82) is 0 Å². The Labute approximate surface area is 122 Å². The zero-order valence-corrected chi connectivity index (χ0v) is 12.4. The van der Waals surface area contributed by atoms with Gasteiger partial charge in [-0.2, -0.15) is 0 Å². The summed E-state index contributed by atoms with van der Waals surface area (Å²) in [7, 11) is 0. The van der Waals surface area contributed by atoms with Gasteiger partial charge in [-0.05, 0) is 43.7 Å². The fourth-order valence-corrected chi connectivity index (χ4v) is 2.89. The molecule has 0 saturated carbocycles. The van der Waals surface area contributed by atoms with Gasteiger partial charge in [0.25, 0.3) is 0 Å². The molecule has 0 bridgehead atoms. The Bertz CT molecular complexity index is 418. The summed E-state index contributed by atoms with van der Waals surface area (Å²) in [6.07, 6.45) is 4.80. The van der Waals surface area contributed by atoms with Gasteiger partial charge in [-0.1, -0.05) is 37.3 Å². The summed E-state index contributed by atoms with van der Waals surface area (Å²) in [5.74, 6) is 0.748. The summed E-state index contributed by atoms with van der Waals surface area (Å²) in [5, 5.41) is 0. The number of carbonyl (C=O) groups is 1. The maximum absolute atomic E-state index is 12.4. The SMILES string of the molecule is CC(CN)CCC(=O)N1CCCC1Cc1ccccc1. The van der Waals surface area contributed by atoms with Crippen LogP contribution in [-0.2, 0) is 11.2 Å². The lowest BCUT2D eigenvalue weighted by Gasteiger charge is -2.25. The van der Waals surface area contributed by atoms with Crippen molar-refractivity contribution < 1.29 is 4.79 Å². The molecule has 2 atom stereocenters. The van der Waals surface area contributed by atoms with Crippen molar-refractivity contribution in [2.75, 3.05) is 13.1 Å². The Kier molecular flexibility index (Phi) is 5.60. The van der Waals surface area contributed by atoms with Crippen LogP contribution in [0.25, 0.3) is 0 Å². The van der Waals surface area contributed by atoms with Gasteiger partial charge in [0.15, 0.2) is 0 Å². The van der Waals surface area contributed by atoms with E-state index in [0.29, 0.717) is 30.8 Å². The average Bonchev–Trinajstić information content (AvgIpc) is 2.93. The number of rotatable bonds is 6. The minimum absolute atomic E-state index is 0.309. The highest BCUT2D eigenvalue weighted by molar-refractivity contribution is 5.76. The number of benzene rings is 1. The lowest BCUT2D eigenvalue weighted by atomic mass is 10.0. The zero-order chi connectivity index (χ0) is 14.4. The molecule has 0 aliphatic carbocycles. The van der Waals surface area contributed by atoms with Crippen LogP contribution in [-0.4, -0.2) is 29.9 Å². The molecule has 3 heteroatoms. The van der Waals surface area contributed by atoms with E-state index in [2.05, 4.69) is 36.1 Å². The second-order valence-electron chi connectivity index (χ2n) is 5.95. The Balaban J connectivity index is 1.88. The van der Waals surface area contributed by atoms with Gasteiger partial charge in [0, 0.05) is 19.0 Å². The molecule has 1 aromatic carbocycles. The summed E-state index contributed by atoms with van der Waals surface area (Å²) in [5.41, 5.74) is 6.94. The van der Waals surface area contributed by atoms with Crippen LogP contribution in [0.1, 0.15) is 38.2 Å². The summed E-state index contributed by atoms with van der Waals surface area (Å²) in [4.78, 5) is 14.4. The quantitative estimate of drug-likeness (QED) is 0.866. The number of hydrogen-bond acceptors (Lipinski definition) is 2. The van der Waals surface area contributed by atoms with Gasteiger partial charge >= 0.3 is 0 Å². The van der Waals surface area contributed by atoms with Crippen LogP contribution < -0.4 is 5.73 Å². The van der Waals surface area contributed by atoms with Crippen molar-refractivity contribution in [3.8, 4) is 0 Å². The van der Waals surface area contributed by atoms with E-state index in [1.807, 2.05) is 6.07 Å². The first-order valence-electron chi connectivity index (χ1n) is 7.74. The average molecular weight is 274 g/mol. The standard InChI is InChI=1S/C17H26N2O/c1-14(13-18)9-10-17(20)19-11-5-8-16(19)12-15-6-3-2-4-7-15/h2-4,6-7,14,16H,5,8-13,18H2,1H3. The Morgan fingerprint density at radius 3 is 2.85 bits per heavy atom. The molecule has 2 N–H and O–H groups in total. The predicted molar refractivity (Wildman–Crippen MR) is 82.3 cm³/mol. The van der Waals surface area contributed by atoms with Gasteiger partial charge in [-0.25, -0.2) is 0 Å². The number of amides is 1. The van der Waals surface area contributed by atoms with Crippen molar-refractivity contribution in [1.82, 2.24) is 4.90 Å². The van der Waals surface area contributed by atoms with E-state index < -0.39 is 0 Å². The van der Waals surface area contributed by atoms with E-state index in [9.17, 15) is 4.79 Å².